The van der Waals surface area contributed by atoms with Gasteiger partial charge in [-0.15, -0.1) is 24.0 Å². The minimum Gasteiger partial charge on any atom is -0.376 e. The molecule has 0 bridgehead atoms. The zero-order valence-electron chi connectivity index (χ0n) is 15.8. The number of nitrogens with one attached hydrogen (secondary N) is 2. The van der Waals surface area contributed by atoms with Gasteiger partial charge in [-0.05, 0) is 37.8 Å². The van der Waals surface area contributed by atoms with Gasteiger partial charge in [-0.25, -0.2) is 0 Å². The molecule has 2 fully saturated rings. The lowest BCUT2D eigenvalue weighted by Gasteiger charge is -2.36. The Balaban J connectivity index is 0.00000243. The fraction of sp³-hybridized carbons (Fsp3) is 0.650. The Kier molecular flexibility index (Phi) is 9.71. The lowest BCUT2D eigenvalue weighted by molar-refractivity contribution is 0.113. The van der Waals surface area contributed by atoms with Crippen LogP contribution in [0.15, 0.2) is 35.3 Å². The average molecular weight is 472 g/mol. The van der Waals surface area contributed by atoms with E-state index in [0.29, 0.717) is 12.1 Å². The van der Waals surface area contributed by atoms with Crippen LogP contribution in [0.3, 0.4) is 0 Å². The van der Waals surface area contributed by atoms with Gasteiger partial charge in [0, 0.05) is 39.3 Å². The first-order valence-corrected chi connectivity index (χ1v) is 9.69. The van der Waals surface area contributed by atoms with Crippen LogP contribution in [-0.2, 0) is 11.3 Å². The summed E-state index contributed by atoms with van der Waals surface area (Å²) < 4.78 is 5.67. The van der Waals surface area contributed by atoms with Crippen LogP contribution in [0.5, 0.6) is 0 Å². The van der Waals surface area contributed by atoms with Crippen molar-refractivity contribution in [2.75, 3.05) is 33.3 Å². The van der Waals surface area contributed by atoms with Crippen molar-refractivity contribution in [1.29, 1.82) is 0 Å². The van der Waals surface area contributed by atoms with Gasteiger partial charge in [0.2, 0.25) is 0 Å². The number of hydrogen-bond donors (Lipinski definition) is 2. The normalized spacial score (nSPS) is 24.1. The van der Waals surface area contributed by atoms with Crippen molar-refractivity contribution in [3.8, 4) is 0 Å². The summed E-state index contributed by atoms with van der Waals surface area (Å²) in [5, 5.41) is 6.93. The first-order chi connectivity index (χ1) is 12.3. The zero-order valence-corrected chi connectivity index (χ0v) is 18.2. The van der Waals surface area contributed by atoms with Gasteiger partial charge >= 0.3 is 0 Å². The summed E-state index contributed by atoms with van der Waals surface area (Å²) in [6.45, 7) is 4.91. The van der Waals surface area contributed by atoms with Gasteiger partial charge in [-0.3, -0.25) is 9.89 Å². The number of aliphatic imine (C=N–C) groups is 1. The van der Waals surface area contributed by atoms with Crippen molar-refractivity contribution in [3.05, 3.63) is 35.9 Å². The van der Waals surface area contributed by atoms with Gasteiger partial charge in [0.15, 0.2) is 5.96 Å². The zero-order chi connectivity index (χ0) is 17.3. The number of hydrogen-bond acceptors (Lipinski definition) is 3. The Hall–Kier alpha value is -0.860. The van der Waals surface area contributed by atoms with Crippen LogP contribution in [-0.4, -0.2) is 56.3 Å². The highest BCUT2D eigenvalue weighted by Gasteiger charge is 2.23. The molecule has 0 amide bonds. The van der Waals surface area contributed by atoms with E-state index in [9.17, 15) is 0 Å². The van der Waals surface area contributed by atoms with E-state index in [1.54, 1.807) is 0 Å². The molecule has 5 nitrogen and oxygen atoms in total. The van der Waals surface area contributed by atoms with Crippen molar-refractivity contribution in [1.82, 2.24) is 15.5 Å². The number of nitrogens with zero attached hydrogens (tertiary/aromatic N) is 2. The molecule has 6 heteroatoms. The molecule has 2 aliphatic rings. The molecule has 26 heavy (non-hydrogen) atoms. The second-order valence-electron chi connectivity index (χ2n) is 7.07. The number of piperidine rings is 1. The standard InChI is InChI=1S/C20H32N4O.HI/c1-21-20(23-15-19-11-7-13-25-19)22-14-18-10-5-6-12-24(18)16-17-8-3-2-4-9-17;/h2-4,8-9,18-19H,5-7,10-16H2,1H3,(H2,21,22,23);1H. The van der Waals surface area contributed by atoms with E-state index in [4.69, 9.17) is 4.74 Å². The highest BCUT2D eigenvalue weighted by atomic mass is 127. The third-order valence-corrected chi connectivity index (χ3v) is 5.23. The highest BCUT2D eigenvalue weighted by molar-refractivity contribution is 14.0. The predicted octanol–water partition coefficient (Wildman–Crippen LogP) is 3.00. The van der Waals surface area contributed by atoms with Crippen LogP contribution in [0.4, 0.5) is 0 Å². The van der Waals surface area contributed by atoms with E-state index in [-0.39, 0.29) is 24.0 Å². The molecule has 0 saturated carbocycles. The van der Waals surface area contributed by atoms with E-state index >= 15 is 0 Å². The Morgan fingerprint density at radius 2 is 1.92 bits per heavy atom. The number of ether oxygens (including phenoxy) is 1. The molecule has 0 aliphatic carbocycles. The molecule has 2 heterocycles. The van der Waals surface area contributed by atoms with Crippen molar-refractivity contribution in [2.24, 2.45) is 4.99 Å². The molecule has 1 aromatic rings. The van der Waals surface area contributed by atoms with Crippen LogP contribution in [0.25, 0.3) is 0 Å². The summed E-state index contributed by atoms with van der Waals surface area (Å²) in [5.41, 5.74) is 1.40. The molecule has 2 unspecified atom stereocenters. The maximum Gasteiger partial charge on any atom is 0.191 e. The summed E-state index contributed by atoms with van der Waals surface area (Å²) in [6.07, 6.45) is 6.53. The fourth-order valence-electron chi connectivity index (χ4n) is 3.77. The van der Waals surface area contributed by atoms with Crippen LogP contribution < -0.4 is 10.6 Å². The smallest absolute Gasteiger partial charge is 0.191 e. The predicted molar refractivity (Wildman–Crippen MR) is 118 cm³/mol. The molecule has 2 saturated heterocycles. The molecular weight excluding hydrogens is 439 g/mol. The second kappa shape index (κ2) is 11.8. The highest BCUT2D eigenvalue weighted by Crippen LogP contribution is 2.19. The Labute approximate surface area is 175 Å². The lowest BCUT2D eigenvalue weighted by Crippen LogP contribution is -2.49. The van der Waals surface area contributed by atoms with Gasteiger partial charge in [-0.2, -0.15) is 0 Å². The first kappa shape index (κ1) is 21.4. The molecule has 0 radical (unpaired) electrons. The Bertz CT molecular complexity index is 534. The van der Waals surface area contributed by atoms with Crippen LogP contribution in [0.2, 0.25) is 0 Å². The second-order valence-corrected chi connectivity index (χ2v) is 7.07. The lowest BCUT2D eigenvalue weighted by atomic mass is 10.0. The fourth-order valence-corrected chi connectivity index (χ4v) is 3.77. The summed E-state index contributed by atoms with van der Waals surface area (Å²) in [7, 11) is 1.84. The number of halogens is 1. The molecule has 2 N–H and O–H groups in total. The molecule has 1 aromatic carbocycles. The van der Waals surface area contributed by atoms with E-state index in [2.05, 4.69) is 50.9 Å². The monoisotopic (exact) mass is 472 g/mol. The van der Waals surface area contributed by atoms with Crippen LogP contribution >= 0.6 is 24.0 Å². The number of likely N-dealkylation sites (tertiary alicyclic amines) is 1. The number of rotatable bonds is 6. The van der Waals surface area contributed by atoms with Crippen molar-refractivity contribution >= 4 is 29.9 Å². The molecular formula is C20H33IN4O. The average Bonchev–Trinajstić information content (AvgIpc) is 3.17. The molecule has 0 spiro atoms. The molecule has 3 rings (SSSR count). The molecule has 2 aliphatic heterocycles. The minimum absolute atomic E-state index is 0. The SMILES string of the molecule is CN=C(NCC1CCCO1)NCC1CCCCN1Cc1ccccc1.I. The van der Waals surface area contributed by atoms with Gasteiger partial charge in [0.25, 0.3) is 0 Å². The van der Waals surface area contributed by atoms with Crippen LogP contribution in [0, 0.1) is 0 Å². The summed E-state index contributed by atoms with van der Waals surface area (Å²) >= 11 is 0. The molecule has 0 aromatic heterocycles. The van der Waals surface area contributed by atoms with Gasteiger partial charge < -0.3 is 15.4 Å². The maximum absolute atomic E-state index is 5.67. The largest absolute Gasteiger partial charge is 0.376 e. The van der Waals surface area contributed by atoms with E-state index in [1.165, 1.54) is 37.8 Å². The number of guanidine groups is 1. The Morgan fingerprint density at radius 3 is 2.65 bits per heavy atom. The van der Waals surface area contributed by atoms with Crippen LogP contribution in [0.1, 0.15) is 37.7 Å². The molecule has 146 valence electrons. The van der Waals surface area contributed by atoms with Gasteiger partial charge in [0.1, 0.15) is 0 Å². The summed E-state index contributed by atoms with van der Waals surface area (Å²) in [5.74, 6) is 0.890. The van der Waals surface area contributed by atoms with E-state index in [0.717, 1.165) is 38.6 Å². The topological polar surface area (TPSA) is 48.9 Å². The van der Waals surface area contributed by atoms with Gasteiger partial charge in [0.05, 0.1) is 6.10 Å². The minimum atomic E-state index is 0. The van der Waals surface area contributed by atoms with Gasteiger partial charge in [-0.1, -0.05) is 36.8 Å². The third kappa shape index (κ3) is 6.70. The third-order valence-electron chi connectivity index (χ3n) is 5.23. The molecule has 2 atom stereocenters. The number of benzene rings is 1. The van der Waals surface area contributed by atoms with Crippen molar-refractivity contribution in [2.45, 2.75) is 50.8 Å². The maximum atomic E-state index is 5.67. The Morgan fingerprint density at radius 1 is 1.12 bits per heavy atom. The summed E-state index contributed by atoms with van der Waals surface area (Å²) in [6, 6.07) is 11.4. The van der Waals surface area contributed by atoms with Crippen molar-refractivity contribution < 1.29 is 4.74 Å². The quantitative estimate of drug-likeness (QED) is 0.380. The van der Waals surface area contributed by atoms with E-state index in [1.807, 2.05) is 7.05 Å². The van der Waals surface area contributed by atoms with E-state index < -0.39 is 0 Å². The van der Waals surface area contributed by atoms with Crippen molar-refractivity contribution in [3.63, 3.8) is 0 Å². The first-order valence-electron chi connectivity index (χ1n) is 9.69. The summed E-state index contributed by atoms with van der Waals surface area (Å²) in [4.78, 5) is 6.97.